The Morgan fingerprint density at radius 2 is 1.93 bits per heavy atom. The molecule has 1 unspecified atom stereocenters. The van der Waals surface area contributed by atoms with Crippen LogP contribution in [0.5, 0.6) is 11.5 Å². The van der Waals surface area contributed by atoms with E-state index in [1.165, 1.54) is 7.11 Å². The average Bonchev–Trinajstić information content (AvgIpc) is 2.73. The minimum atomic E-state index is -1.36. The van der Waals surface area contributed by atoms with Crippen LogP contribution in [0, 0.1) is 0 Å². The number of ether oxygens (including phenoxy) is 2. The predicted molar refractivity (Wildman–Crippen MR) is 114 cm³/mol. The molecule has 152 valence electrons. The van der Waals surface area contributed by atoms with Crippen molar-refractivity contribution in [1.29, 1.82) is 0 Å². The van der Waals surface area contributed by atoms with E-state index in [1.807, 2.05) is 24.3 Å². The molecule has 0 radical (unpaired) electrons. The molecule has 0 saturated carbocycles. The number of aliphatic hydroxyl groups is 1. The van der Waals surface area contributed by atoms with E-state index in [4.69, 9.17) is 9.47 Å². The monoisotopic (exact) mass is 404 g/mol. The van der Waals surface area contributed by atoms with Gasteiger partial charge in [-0.1, -0.05) is 18.2 Å². The van der Waals surface area contributed by atoms with Gasteiger partial charge in [-0.05, 0) is 26.0 Å². The van der Waals surface area contributed by atoms with Crippen LogP contribution in [0.15, 0.2) is 41.2 Å². The number of aromatic nitrogens is 2. The van der Waals surface area contributed by atoms with Crippen molar-refractivity contribution >= 4 is 38.6 Å². The van der Waals surface area contributed by atoms with Crippen LogP contribution >= 0.6 is 0 Å². The van der Waals surface area contributed by atoms with Gasteiger partial charge in [0.15, 0.2) is 6.10 Å². The minimum absolute atomic E-state index is 0.161. The van der Waals surface area contributed by atoms with Gasteiger partial charge >= 0.3 is 0 Å². The molecule has 7 nitrogen and oxygen atoms in total. The third-order valence-corrected chi connectivity index (χ3v) is 5.80. The number of hydrogen-bond donors (Lipinski definition) is 1. The van der Waals surface area contributed by atoms with Gasteiger partial charge in [0.25, 0.3) is 0 Å². The summed E-state index contributed by atoms with van der Waals surface area (Å²) in [6.45, 7) is 3.28. The highest BCUT2D eigenvalue weighted by molar-refractivity contribution is 6.15. The summed E-state index contributed by atoms with van der Waals surface area (Å²) in [5.41, 5.74) is 0.280. The van der Waals surface area contributed by atoms with E-state index in [0.717, 1.165) is 10.9 Å². The van der Waals surface area contributed by atoms with E-state index >= 15 is 0 Å². The number of ketones is 1. The van der Waals surface area contributed by atoms with Crippen LogP contribution in [-0.2, 0) is 7.05 Å². The van der Waals surface area contributed by atoms with E-state index in [2.05, 4.69) is 4.98 Å². The van der Waals surface area contributed by atoms with Crippen LogP contribution in [-0.4, -0.2) is 39.3 Å². The van der Waals surface area contributed by atoms with Crippen LogP contribution < -0.4 is 14.9 Å². The standard InChI is InChI=1S/C23H20N2O5/c1-23(2)21(28)20(27)17-15(30-23)10-14(29-4)16-18(17)25(3)22-12(19(16)26)9-11-7-5-6-8-13(11)24-22/h5-10,21,28H,1-4H3. The zero-order chi connectivity index (χ0) is 21.4. The van der Waals surface area contributed by atoms with Crippen LogP contribution in [0.4, 0.5) is 0 Å². The Labute approximate surface area is 171 Å². The van der Waals surface area contributed by atoms with Crippen molar-refractivity contribution in [2.24, 2.45) is 7.05 Å². The molecule has 2 aromatic heterocycles. The number of pyridine rings is 2. The number of carbonyl (C=O) groups excluding carboxylic acids is 1. The quantitative estimate of drug-likeness (QED) is 0.491. The molecule has 1 aliphatic rings. The number of hydrogen-bond acceptors (Lipinski definition) is 6. The number of carbonyl (C=O) groups is 1. The molecular weight excluding hydrogens is 384 g/mol. The Morgan fingerprint density at radius 3 is 2.67 bits per heavy atom. The van der Waals surface area contributed by atoms with Gasteiger partial charge < -0.3 is 19.1 Å². The summed E-state index contributed by atoms with van der Waals surface area (Å²) in [7, 11) is 3.21. The molecule has 4 aromatic rings. The number of aryl methyl sites for hydroxylation is 1. The lowest BCUT2D eigenvalue weighted by molar-refractivity contribution is -0.0247. The zero-order valence-electron chi connectivity index (χ0n) is 17.0. The van der Waals surface area contributed by atoms with Gasteiger partial charge in [0.1, 0.15) is 22.7 Å². The van der Waals surface area contributed by atoms with Crippen molar-refractivity contribution in [3.05, 3.63) is 52.2 Å². The van der Waals surface area contributed by atoms with Gasteiger partial charge in [0, 0.05) is 18.5 Å². The fourth-order valence-corrected chi connectivity index (χ4v) is 4.22. The number of benzene rings is 2. The van der Waals surface area contributed by atoms with E-state index in [-0.39, 0.29) is 22.1 Å². The number of methoxy groups -OCH3 is 1. The van der Waals surface area contributed by atoms with E-state index in [9.17, 15) is 14.7 Å². The maximum atomic E-state index is 13.5. The third kappa shape index (κ3) is 2.32. The SMILES string of the molecule is COc1cc2c(c3c1c(=O)c1cc4ccccc4nc1n3C)C(=O)C(O)C(C)(C)O2. The summed E-state index contributed by atoms with van der Waals surface area (Å²) in [6, 6.07) is 10.9. The fraction of sp³-hybridized carbons (Fsp3) is 0.261. The molecule has 2 aromatic carbocycles. The summed E-state index contributed by atoms with van der Waals surface area (Å²) >= 11 is 0. The number of Topliss-reactive ketones (excluding diaryl/α,β-unsaturated/α-hetero) is 1. The summed E-state index contributed by atoms with van der Waals surface area (Å²) < 4.78 is 13.2. The number of para-hydroxylation sites is 1. The second-order valence-electron chi connectivity index (χ2n) is 8.09. The maximum absolute atomic E-state index is 13.5. The average molecular weight is 404 g/mol. The number of nitrogens with zero attached hydrogens (tertiary/aromatic N) is 2. The first-order valence-electron chi connectivity index (χ1n) is 9.59. The molecule has 0 saturated heterocycles. The lowest BCUT2D eigenvalue weighted by atomic mass is 9.88. The molecule has 30 heavy (non-hydrogen) atoms. The lowest BCUT2D eigenvalue weighted by Gasteiger charge is -2.36. The molecule has 0 fully saturated rings. The smallest absolute Gasteiger partial charge is 0.202 e. The molecule has 0 bridgehead atoms. The van der Waals surface area contributed by atoms with Crippen molar-refractivity contribution < 1.29 is 19.4 Å². The minimum Gasteiger partial charge on any atom is -0.496 e. The molecule has 1 atom stereocenters. The van der Waals surface area contributed by atoms with Crippen molar-refractivity contribution in [3.63, 3.8) is 0 Å². The first-order valence-corrected chi connectivity index (χ1v) is 9.59. The summed E-state index contributed by atoms with van der Waals surface area (Å²) in [4.78, 5) is 31.3. The third-order valence-electron chi connectivity index (χ3n) is 5.80. The number of aliphatic hydroxyl groups excluding tert-OH is 1. The highest BCUT2D eigenvalue weighted by atomic mass is 16.5. The Morgan fingerprint density at radius 1 is 1.20 bits per heavy atom. The molecule has 1 N–H and O–H groups in total. The van der Waals surface area contributed by atoms with Crippen LogP contribution in [0.1, 0.15) is 24.2 Å². The first-order chi connectivity index (χ1) is 14.2. The normalized spacial score (nSPS) is 17.9. The Bertz CT molecular complexity index is 1450. The van der Waals surface area contributed by atoms with Gasteiger partial charge in [-0.3, -0.25) is 9.59 Å². The molecule has 1 aliphatic heterocycles. The lowest BCUT2D eigenvalue weighted by Crippen LogP contribution is -2.50. The Balaban J connectivity index is 2.03. The van der Waals surface area contributed by atoms with Gasteiger partial charge in [-0.15, -0.1) is 0 Å². The molecule has 7 heteroatoms. The fourth-order valence-electron chi connectivity index (χ4n) is 4.22. The number of fused-ring (bicyclic) bond motifs is 5. The largest absolute Gasteiger partial charge is 0.496 e. The summed E-state index contributed by atoms with van der Waals surface area (Å²) in [6.07, 6.45) is -1.36. The topological polar surface area (TPSA) is 90.7 Å². The highest BCUT2D eigenvalue weighted by Crippen LogP contribution is 2.41. The maximum Gasteiger partial charge on any atom is 0.202 e. The molecule has 5 rings (SSSR count). The molecule has 0 aliphatic carbocycles. The van der Waals surface area contributed by atoms with Gasteiger partial charge in [-0.2, -0.15) is 0 Å². The van der Waals surface area contributed by atoms with E-state index in [0.29, 0.717) is 22.3 Å². The van der Waals surface area contributed by atoms with Crippen LogP contribution in [0.3, 0.4) is 0 Å². The zero-order valence-corrected chi connectivity index (χ0v) is 17.0. The first kappa shape index (κ1) is 18.6. The van der Waals surface area contributed by atoms with Gasteiger partial charge in [0.05, 0.1) is 34.5 Å². The number of rotatable bonds is 1. The second kappa shape index (κ2) is 6.03. The van der Waals surface area contributed by atoms with Crippen LogP contribution in [0.2, 0.25) is 0 Å². The van der Waals surface area contributed by atoms with E-state index in [1.54, 1.807) is 37.6 Å². The molecular formula is C23H20N2O5. The van der Waals surface area contributed by atoms with Crippen molar-refractivity contribution in [2.75, 3.05) is 7.11 Å². The summed E-state index contributed by atoms with van der Waals surface area (Å²) in [5.74, 6) is 0.0817. The van der Waals surface area contributed by atoms with Crippen molar-refractivity contribution in [1.82, 2.24) is 9.55 Å². The predicted octanol–water partition coefficient (Wildman–Crippen LogP) is 2.96. The Kier molecular flexibility index (Phi) is 3.73. The second-order valence-corrected chi connectivity index (χ2v) is 8.09. The van der Waals surface area contributed by atoms with Crippen LogP contribution in [0.25, 0.3) is 32.8 Å². The molecule has 0 amide bonds. The molecule has 3 heterocycles. The van der Waals surface area contributed by atoms with E-state index < -0.39 is 17.5 Å². The van der Waals surface area contributed by atoms with Gasteiger partial charge in [-0.25, -0.2) is 4.98 Å². The highest BCUT2D eigenvalue weighted by Gasteiger charge is 2.44. The van der Waals surface area contributed by atoms with Crippen molar-refractivity contribution in [2.45, 2.75) is 25.6 Å². The van der Waals surface area contributed by atoms with Crippen molar-refractivity contribution in [3.8, 4) is 11.5 Å². The molecule has 0 spiro atoms. The van der Waals surface area contributed by atoms with Gasteiger partial charge in [0.2, 0.25) is 11.2 Å². The summed E-state index contributed by atoms with van der Waals surface area (Å²) in [5, 5.41) is 12.1. The Hall–Kier alpha value is -3.45.